The van der Waals surface area contributed by atoms with Gasteiger partial charge in [-0.1, -0.05) is 12.1 Å². The van der Waals surface area contributed by atoms with Crippen LogP contribution in [0.2, 0.25) is 0 Å². The summed E-state index contributed by atoms with van der Waals surface area (Å²) >= 11 is 0. The van der Waals surface area contributed by atoms with E-state index >= 15 is 0 Å². The number of nitrogens with one attached hydrogen (secondary N) is 1. The van der Waals surface area contributed by atoms with Crippen molar-refractivity contribution in [2.75, 3.05) is 13.6 Å². The molecule has 1 aromatic rings. The molecule has 0 heterocycles. The van der Waals surface area contributed by atoms with E-state index < -0.39 is 0 Å². The number of halogens is 1. The van der Waals surface area contributed by atoms with Crippen molar-refractivity contribution >= 4 is 5.57 Å². The molecule has 1 aliphatic rings. The van der Waals surface area contributed by atoms with Gasteiger partial charge in [-0.15, -0.1) is 0 Å². The van der Waals surface area contributed by atoms with Gasteiger partial charge in [0.15, 0.2) is 0 Å². The van der Waals surface area contributed by atoms with Gasteiger partial charge in [-0.05, 0) is 48.7 Å². The Morgan fingerprint density at radius 3 is 3.07 bits per heavy atom. The molecule has 0 bridgehead atoms. The fourth-order valence-electron chi connectivity index (χ4n) is 1.94. The summed E-state index contributed by atoms with van der Waals surface area (Å²) in [5, 5.41) is 3.11. The van der Waals surface area contributed by atoms with Crippen molar-refractivity contribution in [1.82, 2.24) is 5.32 Å². The Labute approximate surface area is 83.6 Å². The minimum atomic E-state index is -0.146. The van der Waals surface area contributed by atoms with Crippen molar-refractivity contribution in [2.24, 2.45) is 0 Å². The van der Waals surface area contributed by atoms with Crippen LogP contribution in [0.4, 0.5) is 4.39 Å². The van der Waals surface area contributed by atoms with Gasteiger partial charge in [0, 0.05) is 6.54 Å². The van der Waals surface area contributed by atoms with E-state index in [4.69, 9.17) is 0 Å². The molecule has 2 heteroatoms. The summed E-state index contributed by atoms with van der Waals surface area (Å²) < 4.78 is 13.1. The van der Waals surface area contributed by atoms with Crippen molar-refractivity contribution in [1.29, 1.82) is 0 Å². The first-order chi connectivity index (χ1) is 6.81. The van der Waals surface area contributed by atoms with Crippen LogP contribution in [0.1, 0.15) is 17.5 Å². The van der Waals surface area contributed by atoms with Crippen LogP contribution in [0.3, 0.4) is 0 Å². The van der Waals surface area contributed by atoms with Gasteiger partial charge in [-0.25, -0.2) is 4.39 Å². The number of hydrogen-bond donors (Lipinski definition) is 1. The normalized spacial score (nSPS) is 14.9. The van der Waals surface area contributed by atoms with Gasteiger partial charge >= 0.3 is 0 Å². The molecule has 2 rings (SSSR count). The molecule has 0 atom stereocenters. The highest BCUT2D eigenvalue weighted by molar-refractivity contribution is 5.71. The van der Waals surface area contributed by atoms with Gasteiger partial charge in [0.25, 0.3) is 0 Å². The molecule has 1 aliphatic carbocycles. The minimum Gasteiger partial charge on any atom is -0.316 e. The van der Waals surface area contributed by atoms with Crippen LogP contribution in [0, 0.1) is 5.82 Å². The number of hydrogen-bond acceptors (Lipinski definition) is 1. The smallest absolute Gasteiger partial charge is 0.123 e. The molecule has 0 radical (unpaired) electrons. The monoisotopic (exact) mass is 191 g/mol. The number of aryl methyl sites for hydroxylation is 1. The summed E-state index contributed by atoms with van der Waals surface area (Å²) in [5.74, 6) is -0.146. The van der Waals surface area contributed by atoms with Crippen LogP contribution in [-0.4, -0.2) is 13.6 Å². The number of allylic oxidation sites excluding steroid dienone is 1. The van der Waals surface area contributed by atoms with E-state index in [1.54, 1.807) is 12.1 Å². The fraction of sp³-hybridized carbons (Fsp3) is 0.333. The van der Waals surface area contributed by atoms with E-state index in [0.29, 0.717) is 0 Å². The second kappa shape index (κ2) is 3.93. The second-order valence-corrected chi connectivity index (χ2v) is 3.60. The molecule has 14 heavy (non-hydrogen) atoms. The number of fused-ring (bicyclic) bond motifs is 1. The van der Waals surface area contributed by atoms with Crippen LogP contribution < -0.4 is 5.32 Å². The lowest BCUT2D eigenvalue weighted by Gasteiger charge is -2.17. The second-order valence-electron chi connectivity index (χ2n) is 3.60. The third kappa shape index (κ3) is 1.70. The number of rotatable bonds is 2. The lowest BCUT2D eigenvalue weighted by Crippen LogP contribution is -2.13. The molecule has 0 unspecified atom stereocenters. The quantitative estimate of drug-likeness (QED) is 0.756. The summed E-state index contributed by atoms with van der Waals surface area (Å²) in [6, 6.07) is 5.08. The Kier molecular flexibility index (Phi) is 2.64. The third-order valence-corrected chi connectivity index (χ3v) is 2.59. The topological polar surface area (TPSA) is 12.0 Å². The average molecular weight is 191 g/mol. The van der Waals surface area contributed by atoms with Gasteiger partial charge in [0.2, 0.25) is 0 Å². The first kappa shape index (κ1) is 9.41. The van der Waals surface area contributed by atoms with Crippen LogP contribution in [0.25, 0.3) is 5.57 Å². The Morgan fingerprint density at radius 2 is 2.29 bits per heavy atom. The maximum atomic E-state index is 13.1. The van der Waals surface area contributed by atoms with Crippen molar-refractivity contribution in [3.63, 3.8) is 0 Å². The predicted molar refractivity (Wildman–Crippen MR) is 56.6 cm³/mol. The van der Waals surface area contributed by atoms with E-state index in [-0.39, 0.29) is 5.82 Å². The standard InChI is InChI=1S/C12H14FN/c1-14-8-10-4-2-3-9-5-6-11(13)7-12(9)10/h4-7,14H,2-3,8H2,1H3. The predicted octanol–water partition coefficient (Wildman–Crippen LogP) is 2.37. The third-order valence-electron chi connectivity index (χ3n) is 2.59. The van der Waals surface area contributed by atoms with Crippen molar-refractivity contribution in [3.05, 3.63) is 41.2 Å². The molecule has 0 saturated carbocycles. The molecular formula is C12H14FN. The van der Waals surface area contributed by atoms with E-state index in [1.165, 1.54) is 11.1 Å². The highest BCUT2D eigenvalue weighted by Crippen LogP contribution is 2.26. The summed E-state index contributed by atoms with van der Waals surface area (Å²) in [6.45, 7) is 0.816. The molecule has 1 aromatic carbocycles. The number of likely N-dealkylation sites (N-methyl/N-ethyl adjacent to an activating group) is 1. The zero-order valence-corrected chi connectivity index (χ0v) is 8.31. The zero-order valence-electron chi connectivity index (χ0n) is 8.31. The summed E-state index contributed by atoms with van der Waals surface area (Å²) in [7, 11) is 1.91. The van der Waals surface area contributed by atoms with E-state index in [0.717, 1.165) is 24.9 Å². The molecule has 0 fully saturated rings. The molecule has 1 N–H and O–H groups in total. The maximum absolute atomic E-state index is 13.1. The van der Waals surface area contributed by atoms with Crippen LogP contribution in [-0.2, 0) is 6.42 Å². The summed E-state index contributed by atoms with van der Waals surface area (Å²) in [4.78, 5) is 0. The van der Waals surface area contributed by atoms with Gasteiger partial charge < -0.3 is 5.32 Å². The molecule has 1 nitrogen and oxygen atoms in total. The molecular weight excluding hydrogens is 177 g/mol. The maximum Gasteiger partial charge on any atom is 0.123 e. The van der Waals surface area contributed by atoms with Crippen molar-refractivity contribution in [2.45, 2.75) is 12.8 Å². The van der Waals surface area contributed by atoms with Gasteiger partial charge in [0.05, 0.1) is 0 Å². The van der Waals surface area contributed by atoms with Crippen molar-refractivity contribution in [3.8, 4) is 0 Å². The molecule has 0 aromatic heterocycles. The van der Waals surface area contributed by atoms with Gasteiger partial charge in [0.1, 0.15) is 5.82 Å². The average Bonchev–Trinajstić information content (AvgIpc) is 2.19. The van der Waals surface area contributed by atoms with E-state index in [2.05, 4.69) is 11.4 Å². The van der Waals surface area contributed by atoms with E-state index in [1.807, 2.05) is 13.1 Å². The Balaban J connectivity index is 2.40. The lowest BCUT2D eigenvalue weighted by molar-refractivity contribution is 0.626. The molecule has 0 aliphatic heterocycles. The minimum absolute atomic E-state index is 0.146. The van der Waals surface area contributed by atoms with Crippen LogP contribution >= 0.6 is 0 Å². The molecule has 0 spiro atoms. The summed E-state index contributed by atoms with van der Waals surface area (Å²) in [5.41, 5.74) is 3.55. The number of benzene rings is 1. The van der Waals surface area contributed by atoms with E-state index in [9.17, 15) is 4.39 Å². The summed E-state index contributed by atoms with van der Waals surface area (Å²) in [6.07, 6.45) is 4.29. The Bertz CT molecular complexity index is 369. The largest absolute Gasteiger partial charge is 0.316 e. The van der Waals surface area contributed by atoms with Gasteiger partial charge in [-0.2, -0.15) is 0 Å². The van der Waals surface area contributed by atoms with Gasteiger partial charge in [-0.3, -0.25) is 0 Å². The fourth-order valence-corrected chi connectivity index (χ4v) is 1.94. The van der Waals surface area contributed by atoms with Crippen LogP contribution in [0.15, 0.2) is 24.3 Å². The van der Waals surface area contributed by atoms with Crippen molar-refractivity contribution < 1.29 is 4.39 Å². The highest BCUT2D eigenvalue weighted by atomic mass is 19.1. The zero-order chi connectivity index (χ0) is 9.97. The SMILES string of the molecule is CNCC1=CCCc2ccc(F)cc21. The first-order valence-electron chi connectivity index (χ1n) is 4.93. The Hall–Kier alpha value is -1.15. The molecule has 0 amide bonds. The van der Waals surface area contributed by atoms with Crippen LogP contribution in [0.5, 0.6) is 0 Å². The molecule has 74 valence electrons. The Morgan fingerprint density at radius 1 is 1.43 bits per heavy atom. The molecule has 0 saturated heterocycles. The highest BCUT2D eigenvalue weighted by Gasteiger charge is 2.12. The first-order valence-corrected chi connectivity index (χ1v) is 4.93. The lowest BCUT2D eigenvalue weighted by atomic mass is 9.91.